The van der Waals surface area contributed by atoms with E-state index in [1.165, 1.54) is 53.9 Å². The van der Waals surface area contributed by atoms with Gasteiger partial charge in [0.15, 0.2) is 0 Å². The Kier molecular flexibility index (Phi) is 8.40. The van der Waals surface area contributed by atoms with Crippen LogP contribution in [0.2, 0.25) is 0 Å². The van der Waals surface area contributed by atoms with E-state index in [-0.39, 0.29) is 0 Å². The third-order valence-electron chi connectivity index (χ3n) is 5.04. The first-order chi connectivity index (χ1) is 12.9. The summed E-state index contributed by atoms with van der Waals surface area (Å²) in [4.78, 5) is 5.41. The molecule has 2 aromatic rings. The first-order valence-corrected chi connectivity index (χ1v) is 11.7. The average molecular weight is 390 g/mol. The number of hydrogen-bond acceptors (Lipinski definition) is 4. The Balaban J connectivity index is 1.48. The van der Waals surface area contributed by atoms with Crippen LogP contribution in [0.3, 0.4) is 0 Å². The first kappa shape index (κ1) is 19.8. The van der Waals surface area contributed by atoms with Gasteiger partial charge in [-0.15, -0.1) is 22.7 Å². The molecule has 1 aliphatic heterocycles. The molecule has 2 aromatic heterocycles. The fraction of sp³-hybridized carbons (Fsp3) is 0.545. The lowest BCUT2D eigenvalue weighted by atomic mass is 9.96. The number of thiophene rings is 2. The molecule has 2 nitrogen and oxygen atoms in total. The molecule has 0 aliphatic carbocycles. The van der Waals surface area contributed by atoms with Crippen LogP contribution in [0, 0.1) is 0 Å². The Hall–Kier alpha value is -0.940. The molecule has 0 saturated carbocycles. The SMILES string of the molecule is CCCCCCOCCN1CCC(=C(c2cccs2)c2cccs2)CC1. The fourth-order valence-corrected chi connectivity index (χ4v) is 5.27. The van der Waals surface area contributed by atoms with Crippen molar-refractivity contribution in [1.29, 1.82) is 0 Å². The minimum absolute atomic E-state index is 0.883. The molecule has 0 unspecified atom stereocenters. The average Bonchev–Trinajstić information content (AvgIpc) is 3.37. The van der Waals surface area contributed by atoms with Crippen LogP contribution in [-0.4, -0.2) is 37.7 Å². The Bertz CT molecular complexity index is 600. The van der Waals surface area contributed by atoms with Gasteiger partial charge in [-0.1, -0.05) is 43.9 Å². The molecule has 3 rings (SSSR count). The third-order valence-corrected chi connectivity index (χ3v) is 6.82. The molecule has 0 radical (unpaired) electrons. The van der Waals surface area contributed by atoms with E-state index in [0.29, 0.717) is 0 Å². The highest BCUT2D eigenvalue weighted by Crippen LogP contribution is 2.36. The zero-order valence-electron chi connectivity index (χ0n) is 15.9. The zero-order chi connectivity index (χ0) is 18.0. The van der Waals surface area contributed by atoms with Crippen LogP contribution in [0.4, 0.5) is 0 Å². The lowest BCUT2D eigenvalue weighted by molar-refractivity contribution is 0.0980. The van der Waals surface area contributed by atoms with Crippen molar-refractivity contribution < 1.29 is 4.74 Å². The second kappa shape index (κ2) is 11.0. The number of ether oxygens (including phenoxy) is 1. The molecule has 0 amide bonds. The second-order valence-corrected chi connectivity index (χ2v) is 8.84. The van der Waals surface area contributed by atoms with Gasteiger partial charge in [-0.05, 0) is 42.2 Å². The van der Waals surface area contributed by atoms with Crippen molar-refractivity contribution in [3.63, 3.8) is 0 Å². The van der Waals surface area contributed by atoms with Gasteiger partial charge < -0.3 is 9.64 Å². The van der Waals surface area contributed by atoms with Gasteiger partial charge >= 0.3 is 0 Å². The van der Waals surface area contributed by atoms with Crippen LogP contribution in [-0.2, 0) is 4.74 Å². The molecule has 0 N–H and O–H groups in total. The van der Waals surface area contributed by atoms with Gasteiger partial charge in [-0.3, -0.25) is 0 Å². The number of nitrogens with zero attached hydrogens (tertiary/aromatic N) is 1. The Morgan fingerprint density at radius 3 is 2.23 bits per heavy atom. The normalized spacial score (nSPS) is 15.5. The van der Waals surface area contributed by atoms with Crippen molar-refractivity contribution in [3.8, 4) is 0 Å². The Morgan fingerprint density at radius 2 is 1.65 bits per heavy atom. The molecular formula is C22H31NOS2. The molecule has 4 heteroatoms. The van der Waals surface area contributed by atoms with Crippen molar-refractivity contribution in [1.82, 2.24) is 4.90 Å². The van der Waals surface area contributed by atoms with E-state index in [1.807, 2.05) is 22.7 Å². The third kappa shape index (κ3) is 5.78. The smallest absolute Gasteiger partial charge is 0.0593 e. The molecule has 3 heterocycles. The lowest BCUT2D eigenvalue weighted by Crippen LogP contribution is -2.33. The quantitative estimate of drug-likeness (QED) is 0.442. The Morgan fingerprint density at radius 1 is 0.962 bits per heavy atom. The van der Waals surface area contributed by atoms with Gasteiger partial charge in [-0.2, -0.15) is 0 Å². The second-order valence-electron chi connectivity index (χ2n) is 6.95. The van der Waals surface area contributed by atoms with Crippen LogP contribution >= 0.6 is 22.7 Å². The predicted octanol–water partition coefficient (Wildman–Crippen LogP) is 6.30. The van der Waals surface area contributed by atoms with Crippen LogP contribution in [0.25, 0.3) is 5.57 Å². The van der Waals surface area contributed by atoms with Crippen molar-refractivity contribution in [2.75, 3.05) is 32.8 Å². The molecular weight excluding hydrogens is 358 g/mol. The van der Waals surface area contributed by atoms with Crippen LogP contribution in [0.1, 0.15) is 55.2 Å². The van der Waals surface area contributed by atoms with Gasteiger partial charge in [0.2, 0.25) is 0 Å². The van der Waals surface area contributed by atoms with E-state index in [0.717, 1.165) is 32.8 Å². The highest BCUT2D eigenvalue weighted by Gasteiger charge is 2.19. The predicted molar refractivity (Wildman–Crippen MR) is 115 cm³/mol. The first-order valence-electron chi connectivity index (χ1n) is 9.98. The van der Waals surface area contributed by atoms with Crippen molar-refractivity contribution in [2.45, 2.75) is 45.4 Å². The molecule has 1 fully saturated rings. The van der Waals surface area contributed by atoms with E-state index in [2.05, 4.69) is 46.8 Å². The summed E-state index contributed by atoms with van der Waals surface area (Å²) in [6, 6.07) is 8.87. The van der Waals surface area contributed by atoms with E-state index >= 15 is 0 Å². The van der Waals surface area contributed by atoms with Gasteiger partial charge in [0.05, 0.1) is 6.61 Å². The number of rotatable bonds is 10. The lowest BCUT2D eigenvalue weighted by Gasteiger charge is -2.29. The van der Waals surface area contributed by atoms with E-state index in [9.17, 15) is 0 Å². The van der Waals surface area contributed by atoms with Gasteiger partial charge in [-0.25, -0.2) is 0 Å². The topological polar surface area (TPSA) is 12.5 Å². The monoisotopic (exact) mass is 389 g/mol. The van der Waals surface area contributed by atoms with E-state index in [1.54, 1.807) is 5.57 Å². The van der Waals surface area contributed by atoms with Gasteiger partial charge in [0.1, 0.15) is 0 Å². The molecule has 0 aromatic carbocycles. The summed E-state index contributed by atoms with van der Waals surface area (Å²) in [5.74, 6) is 0. The highest BCUT2D eigenvalue weighted by molar-refractivity contribution is 7.13. The maximum Gasteiger partial charge on any atom is 0.0593 e. The van der Waals surface area contributed by atoms with Crippen LogP contribution < -0.4 is 0 Å². The Labute approximate surface area is 166 Å². The summed E-state index contributed by atoms with van der Waals surface area (Å²) in [5, 5.41) is 4.38. The number of likely N-dealkylation sites (tertiary alicyclic amines) is 1. The summed E-state index contributed by atoms with van der Waals surface area (Å²) in [6.07, 6.45) is 7.52. The largest absolute Gasteiger partial charge is 0.380 e. The van der Waals surface area contributed by atoms with Crippen molar-refractivity contribution >= 4 is 28.2 Å². The fourth-order valence-electron chi connectivity index (χ4n) is 3.53. The molecule has 1 aliphatic rings. The minimum Gasteiger partial charge on any atom is -0.380 e. The van der Waals surface area contributed by atoms with Crippen molar-refractivity contribution in [3.05, 3.63) is 50.4 Å². The molecule has 142 valence electrons. The summed E-state index contributed by atoms with van der Waals surface area (Å²) < 4.78 is 5.82. The molecule has 26 heavy (non-hydrogen) atoms. The molecule has 0 bridgehead atoms. The maximum absolute atomic E-state index is 5.82. The molecule has 0 atom stereocenters. The molecule has 1 saturated heterocycles. The minimum atomic E-state index is 0.883. The van der Waals surface area contributed by atoms with Crippen molar-refractivity contribution in [2.24, 2.45) is 0 Å². The van der Waals surface area contributed by atoms with Gasteiger partial charge in [0.25, 0.3) is 0 Å². The highest BCUT2D eigenvalue weighted by atomic mass is 32.1. The summed E-state index contributed by atoms with van der Waals surface area (Å²) >= 11 is 3.73. The number of piperidine rings is 1. The summed E-state index contributed by atoms with van der Waals surface area (Å²) in [6.45, 7) is 7.47. The van der Waals surface area contributed by atoms with E-state index < -0.39 is 0 Å². The standard InChI is InChI=1S/C22H31NOS2/c1-2-3-4-5-15-24-16-14-23-12-10-19(11-13-23)22(20-8-6-17-25-20)21-9-7-18-26-21/h6-9,17-18H,2-5,10-16H2,1H3. The van der Waals surface area contributed by atoms with Crippen LogP contribution in [0.15, 0.2) is 40.6 Å². The maximum atomic E-state index is 5.82. The number of hydrogen-bond donors (Lipinski definition) is 0. The van der Waals surface area contributed by atoms with Gasteiger partial charge in [0, 0.05) is 41.6 Å². The molecule has 0 spiro atoms. The summed E-state index contributed by atoms with van der Waals surface area (Å²) in [7, 11) is 0. The number of unbranched alkanes of at least 4 members (excludes halogenated alkanes) is 3. The van der Waals surface area contributed by atoms with E-state index in [4.69, 9.17) is 4.74 Å². The van der Waals surface area contributed by atoms with Crippen LogP contribution in [0.5, 0.6) is 0 Å². The summed E-state index contributed by atoms with van der Waals surface area (Å²) in [5.41, 5.74) is 3.13. The zero-order valence-corrected chi connectivity index (χ0v) is 17.5.